The Labute approximate surface area is 91.6 Å². The third-order valence-corrected chi connectivity index (χ3v) is 2.67. The summed E-state index contributed by atoms with van der Waals surface area (Å²) in [6, 6.07) is 0. The van der Waals surface area contributed by atoms with Gasteiger partial charge in [0, 0.05) is 26.2 Å². The maximum absolute atomic E-state index is 12.0. The predicted octanol–water partition coefficient (Wildman–Crippen LogP) is 0.215. The van der Waals surface area contributed by atoms with Gasteiger partial charge in [-0.25, -0.2) is 0 Å². The molecule has 4 heteroatoms. The van der Waals surface area contributed by atoms with Crippen LogP contribution in [0.25, 0.3) is 0 Å². The molecule has 1 atom stereocenters. The summed E-state index contributed by atoms with van der Waals surface area (Å²) in [7, 11) is 0. The topological polar surface area (TPSA) is 52.6 Å². The molecular weight excluding hydrogens is 192 g/mol. The van der Waals surface area contributed by atoms with Crippen LogP contribution in [0.3, 0.4) is 0 Å². The summed E-state index contributed by atoms with van der Waals surface area (Å²) in [6.45, 7) is 8.70. The number of nitrogens with zero attached hydrogens (tertiary/aromatic N) is 1. The highest BCUT2D eigenvalue weighted by atomic mass is 16.3. The minimum atomic E-state index is -1.20. The van der Waals surface area contributed by atoms with Crippen LogP contribution in [0, 0.1) is 5.92 Å². The summed E-state index contributed by atoms with van der Waals surface area (Å²) in [5.41, 5.74) is -1.20. The molecule has 4 nitrogen and oxygen atoms in total. The Bertz CT molecular complexity index is 221. The molecule has 1 fully saturated rings. The van der Waals surface area contributed by atoms with E-state index >= 15 is 0 Å². The van der Waals surface area contributed by atoms with Crippen molar-refractivity contribution in [2.75, 3.05) is 26.2 Å². The van der Waals surface area contributed by atoms with E-state index < -0.39 is 5.60 Å². The zero-order valence-corrected chi connectivity index (χ0v) is 9.92. The first kappa shape index (κ1) is 12.5. The van der Waals surface area contributed by atoms with Gasteiger partial charge in [0.15, 0.2) is 0 Å². The second-order valence-electron chi connectivity index (χ2n) is 4.91. The molecule has 0 aromatic heterocycles. The van der Waals surface area contributed by atoms with Crippen molar-refractivity contribution in [3.8, 4) is 0 Å². The van der Waals surface area contributed by atoms with Crippen LogP contribution in [0.1, 0.15) is 27.2 Å². The largest absolute Gasteiger partial charge is 0.380 e. The Hall–Kier alpha value is -0.610. The first-order valence-corrected chi connectivity index (χ1v) is 5.66. The molecule has 1 heterocycles. The van der Waals surface area contributed by atoms with Gasteiger partial charge in [-0.1, -0.05) is 13.8 Å². The molecule has 0 saturated carbocycles. The Morgan fingerprint density at radius 2 is 2.00 bits per heavy atom. The number of piperazine rings is 1. The van der Waals surface area contributed by atoms with Gasteiger partial charge in [-0.2, -0.15) is 0 Å². The smallest absolute Gasteiger partial charge is 0.254 e. The third-order valence-electron chi connectivity index (χ3n) is 2.67. The lowest BCUT2D eigenvalue weighted by molar-refractivity contribution is -0.151. The van der Waals surface area contributed by atoms with Crippen molar-refractivity contribution in [1.29, 1.82) is 0 Å². The molecule has 1 amide bonds. The number of aliphatic hydroxyl groups is 1. The highest BCUT2D eigenvalue weighted by molar-refractivity contribution is 5.84. The molecule has 88 valence electrons. The van der Waals surface area contributed by atoms with Gasteiger partial charge < -0.3 is 15.3 Å². The molecule has 2 N–H and O–H groups in total. The summed E-state index contributed by atoms with van der Waals surface area (Å²) in [4.78, 5) is 13.8. The van der Waals surface area contributed by atoms with E-state index in [1.165, 1.54) is 0 Å². The van der Waals surface area contributed by atoms with Gasteiger partial charge in [-0.3, -0.25) is 4.79 Å². The van der Waals surface area contributed by atoms with Crippen LogP contribution in [-0.2, 0) is 4.79 Å². The number of carbonyl (C=O) groups is 1. The van der Waals surface area contributed by atoms with Gasteiger partial charge >= 0.3 is 0 Å². The molecule has 1 saturated heterocycles. The zero-order valence-electron chi connectivity index (χ0n) is 9.92. The molecular formula is C11H22N2O2. The lowest BCUT2D eigenvalue weighted by Crippen LogP contribution is -2.54. The number of amides is 1. The molecule has 1 unspecified atom stereocenters. The van der Waals surface area contributed by atoms with E-state index in [4.69, 9.17) is 0 Å². The van der Waals surface area contributed by atoms with E-state index in [1.807, 2.05) is 13.8 Å². The first-order valence-electron chi connectivity index (χ1n) is 5.66. The van der Waals surface area contributed by atoms with Crippen molar-refractivity contribution in [2.24, 2.45) is 5.92 Å². The lowest BCUT2D eigenvalue weighted by Gasteiger charge is -2.34. The summed E-state index contributed by atoms with van der Waals surface area (Å²) >= 11 is 0. The summed E-state index contributed by atoms with van der Waals surface area (Å²) in [5, 5.41) is 13.3. The van der Waals surface area contributed by atoms with Crippen molar-refractivity contribution in [1.82, 2.24) is 10.2 Å². The van der Waals surface area contributed by atoms with Crippen molar-refractivity contribution < 1.29 is 9.90 Å². The van der Waals surface area contributed by atoms with E-state index in [1.54, 1.807) is 11.8 Å². The highest BCUT2D eigenvalue weighted by Crippen LogP contribution is 2.19. The average Bonchev–Trinajstić information content (AvgIpc) is 2.16. The van der Waals surface area contributed by atoms with Crippen molar-refractivity contribution in [3.05, 3.63) is 0 Å². The SMILES string of the molecule is CC(C)CC(C)(O)C(=O)N1CCNCC1. The number of hydrogen-bond donors (Lipinski definition) is 2. The molecule has 1 rings (SSSR count). The summed E-state index contributed by atoms with van der Waals surface area (Å²) in [5.74, 6) is 0.199. The molecule has 0 aromatic carbocycles. The fourth-order valence-electron chi connectivity index (χ4n) is 2.09. The van der Waals surface area contributed by atoms with Gasteiger partial charge in [-0.05, 0) is 19.3 Å². The number of hydrogen-bond acceptors (Lipinski definition) is 3. The third kappa shape index (κ3) is 3.47. The zero-order chi connectivity index (χ0) is 11.5. The molecule has 0 bridgehead atoms. The second kappa shape index (κ2) is 4.94. The highest BCUT2D eigenvalue weighted by Gasteiger charge is 2.35. The number of rotatable bonds is 3. The molecule has 0 aliphatic carbocycles. The van der Waals surface area contributed by atoms with Crippen molar-refractivity contribution in [3.63, 3.8) is 0 Å². The average molecular weight is 214 g/mol. The van der Waals surface area contributed by atoms with E-state index in [-0.39, 0.29) is 5.91 Å². The Morgan fingerprint density at radius 1 is 1.47 bits per heavy atom. The van der Waals surface area contributed by atoms with Crippen molar-refractivity contribution in [2.45, 2.75) is 32.8 Å². The van der Waals surface area contributed by atoms with Crippen LogP contribution in [0.5, 0.6) is 0 Å². The lowest BCUT2D eigenvalue weighted by atomic mass is 9.93. The maximum atomic E-state index is 12.0. The second-order valence-corrected chi connectivity index (χ2v) is 4.91. The van der Waals surface area contributed by atoms with E-state index in [9.17, 15) is 9.90 Å². The Kier molecular flexibility index (Phi) is 4.11. The molecule has 0 aromatic rings. The summed E-state index contributed by atoms with van der Waals surface area (Å²) in [6.07, 6.45) is 0.524. The van der Waals surface area contributed by atoms with Crippen LogP contribution >= 0.6 is 0 Å². The van der Waals surface area contributed by atoms with Crippen LogP contribution in [0.15, 0.2) is 0 Å². The molecule has 0 radical (unpaired) electrons. The van der Waals surface area contributed by atoms with Gasteiger partial charge in [-0.15, -0.1) is 0 Å². The van der Waals surface area contributed by atoms with Gasteiger partial charge in [0.05, 0.1) is 0 Å². The maximum Gasteiger partial charge on any atom is 0.254 e. The van der Waals surface area contributed by atoms with Crippen LogP contribution < -0.4 is 5.32 Å². The van der Waals surface area contributed by atoms with E-state index in [0.29, 0.717) is 25.4 Å². The van der Waals surface area contributed by atoms with E-state index in [2.05, 4.69) is 5.32 Å². The standard InChI is InChI=1S/C11H22N2O2/c1-9(2)8-11(3,15)10(14)13-6-4-12-5-7-13/h9,12,15H,4-8H2,1-3H3. The predicted molar refractivity (Wildman–Crippen MR) is 59.5 cm³/mol. The molecule has 1 aliphatic rings. The van der Waals surface area contributed by atoms with Crippen LogP contribution in [-0.4, -0.2) is 47.7 Å². The Morgan fingerprint density at radius 3 is 2.47 bits per heavy atom. The monoisotopic (exact) mass is 214 g/mol. The van der Waals surface area contributed by atoms with Gasteiger partial charge in [0.2, 0.25) is 0 Å². The minimum Gasteiger partial charge on any atom is -0.380 e. The van der Waals surface area contributed by atoms with Crippen LogP contribution in [0.2, 0.25) is 0 Å². The quantitative estimate of drug-likeness (QED) is 0.706. The minimum absolute atomic E-state index is 0.127. The van der Waals surface area contributed by atoms with E-state index in [0.717, 1.165) is 13.1 Å². The normalized spacial score (nSPS) is 21.5. The first-order chi connectivity index (χ1) is 6.93. The van der Waals surface area contributed by atoms with Crippen LogP contribution in [0.4, 0.5) is 0 Å². The molecule has 15 heavy (non-hydrogen) atoms. The van der Waals surface area contributed by atoms with Gasteiger partial charge in [0.1, 0.15) is 5.60 Å². The van der Waals surface area contributed by atoms with Gasteiger partial charge in [0.25, 0.3) is 5.91 Å². The fourth-order valence-corrected chi connectivity index (χ4v) is 2.09. The number of nitrogens with one attached hydrogen (secondary N) is 1. The number of carbonyl (C=O) groups excluding carboxylic acids is 1. The molecule has 0 spiro atoms. The molecule has 1 aliphatic heterocycles. The fraction of sp³-hybridized carbons (Fsp3) is 0.909. The summed E-state index contributed by atoms with van der Waals surface area (Å²) < 4.78 is 0. The van der Waals surface area contributed by atoms with Crippen molar-refractivity contribution >= 4 is 5.91 Å². The Balaban J connectivity index is 2.56.